The van der Waals surface area contributed by atoms with Crippen molar-refractivity contribution in [1.29, 1.82) is 0 Å². The molecular weight excluding hydrogens is 362 g/mol. The van der Waals surface area contributed by atoms with Crippen LogP contribution in [0.25, 0.3) is 10.8 Å². The molecule has 0 aromatic heterocycles. The van der Waals surface area contributed by atoms with Gasteiger partial charge in [-0.2, -0.15) is 0 Å². The van der Waals surface area contributed by atoms with Gasteiger partial charge in [-0.05, 0) is 67.3 Å². The first-order valence-corrected chi connectivity index (χ1v) is 9.96. The standard InChI is InChI=1S/C25H29NO3/c1-16-7-6-8-17(2)24(16)29-15-18(3)26-25(27)19(4)21-10-9-20-11-12-23(28-5)14-22(20)13-21/h6-14,18-19H,15H2,1-5H3,(H,26,27)/t18?,19-/m1/s1. The number of hydrogen-bond donors (Lipinski definition) is 1. The van der Waals surface area contributed by atoms with Gasteiger partial charge in [0.05, 0.1) is 19.1 Å². The quantitative estimate of drug-likeness (QED) is 0.606. The van der Waals surface area contributed by atoms with Crippen LogP contribution < -0.4 is 14.8 Å². The summed E-state index contributed by atoms with van der Waals surface area (Å²) in [6, 6.07) is 18.0. The van der Waals surface area contributed by atoms with Gasteiger partial charge in [0.2, 0.25) is 5.91 Å². The Morgan fingerprint density at radius 2 is 1.66 bits per heavy atom. The van der Waals surface area contributed by atoms with Gasteiger partial charge in [-0.1, -0.05) is 42.5 Å². The summed E-state index contributed by atoms with van der Waals surface area (Å²) in [5, 5.41) is 5.25. The second-order valence-corrected chi connectivity index (χ2v) is 7.64. The maximum atomic E-state index is 12.8. The number of fused-ring (bicyclic) bond motifs is 1. The van der Waals surface area contributed by atoms with E-state index >= 15 is 0 Å². The fourth-order valence-corrected chi connectivity index (χ4v) is 3.44. The van der Waals surface area contributed by atoms with Gasteiger partial charge in [-0.15, -0.1) is 0 Å². The van der Waals surface area contributed by atoms with Crippen LogP contribution in [-0.2, 0) is 4.79 Å². The third-order valence-corrected chi connectivity index (χ3v) is 5.24. The van der Waals surface area contributed by atoms with Crippen molar-refractivity contribution in [3.8, 4) is 11.5 Å². The van der Waals surface area contributed by atoms with E-state index in [-0.39, 0.29) is 17.9 Å². The van der Waals surface area contributed by atoms with Crippen LogP contribution in [0, 0.1) is 13.8 Å². The Labute approximate surface area is 172 Å². The van der Waals surface area contributed by atoms with Crippen molar-refractivity contribution < 1.29 is 14.3 Å². The first-order valence-electron chi connectivity index (χ1n) is 9.96. The first-order chi connectivity index (χ1) is 13.9. The topological polar surface area (TPSA) is 47.6 Å². The Morgan fingerprint density at radius 3 is 2.34 bits per heavy atom. The van der Waals surface area contributed by atoms with E-state index in [1.54, 1.807) is 7.11 Å². The number of ether oxygens (including phenoxy) is 2. The summed E-state index contributed by atoms with van der Waals surface area (Å²) >= 11 is 0. The number of amides is 1. The average molecular weight is 392 g/mol. The van der Waals surface area contributed by atoms with Gasteiger partial charge in [0.15, 0.2) is 0 Å². The van der Waals surface area contributed by atoms with Crippen LogP contribution in [0.5, 0.6) is 11.5 Å². The summed E-state index contributed by atoms with van der Waals surface area (Å²) in [4.78, 5) is 12.8. The molecule has 3 aromatic carbocycles. The molecule has 0 spiro atoms. The maximum Gasteiger partial charge on any atom is 0.227 e. The monoisotopic (exact) mass is 391 g/mol. The van der Waals surface area contributed by atoms with Crippen molar-refractivity contribution >= 4 is 16.7 Å². The summed E-state index contributed by atoms with van der Waals surface area (Å²) in [5.41, 5.74) is 3.18. The van der Waals surface area contributed by atoms with Crippen LogP contribution in [0.4, 0.5) is 0 Å². The number of benzene rings is 3. The number of carbonyl (C=O) groups is 1. The van der Waals surface area contributed by atoms with Gasteiger partial charge >= 0.3 is 0 Å². The number of carbonyl (C=O) groups excluding carboxylic acids is 1. The van der Waals surface area contributed by atoms with Crippen LogP contribution in [0.15, 0.2) is 54.6 Å². The molecular formula is C25H29NO3. The van der Waals surface area contributed by atoms with Crippen LogP contribution in [0.2, 0.25) is 0 Å². The third-order valence-electron chi connectivity index (χ3n) is 5.24. The molecule has 0 bridgehead atoms. The number of para-hydroxylation sites is 1. The molecule has 0 heterocycles. The summed E-state index contributed by atoms with van der Waals surface area (Å²) in [6.45, 7) is 8.38. The molecule has 29 heavy (non-hydrogen) atoms. The van der Waals surface area contributed by atoms with E-state index < -0.39 is 0 Å². The molecule has 152 valence electrons. The summed E-state index contributed by atoms with van der Waals surface area (Å²) in [6.07, 6.45) is 0. The van der Waals surface area contributed by atoms with E-state index in [2.05, 4.69) is 11.4 Å². The SMILES string of the molecule is COc1ccc2ccc([C@@H](C)C(=O)NC(C)COc3c(C)cccc3C)cc2c1. The van der Waals surface area contributed by atoms with E-state index in [1.165, 1.54) is 0 Å². The van der Waals surface area contributed by atoms with Crippen molar-refractivity contribution in [2.75, 3.05) is 13.7 Å². The van der Waals surface area contributed by atoms with Gasteiger partial charge in [0.1, 0.15) is 18.1 Å². The lowest BCUT2D eigenvalue weighted by molar-refractivity contribution is -0.123. The van der Waals surface area contributed by atoms with Crippen LogP contribution in [0.1, 0.15) is 36.5 Å². The zero-order valence-corrected chi connectivity index (χ0v) is 17.8. The fourth-order valence-electron chi connectivity index (χ4n) is 3.44. The Kier molecular flexibility index (Phi) is 6.42. The number of rotatable bonds is 7. The fraction of sp³-hybridized carbons (Fsp3) is 0.320. The molecule has 3 rings (SSSR count). The predicted molar refractivity (Wildman–Crippen MR) is 118 cm³/mol. The first kappa shape index (κ1) is 20.7. The van der Waals surface area contributed by atoms with Crippen LogP contribution >= 0.6 is 0 Å². The molecule has 4 heteroatoms. The van der Waals surface area contributed by atoms with E-state index in [4.69, 9.17) is 9.47 Å². The molecule has 3 aromatic rings. The molecule has 0 fully saturated rings. The largest absolute Gasteiger partial charge is 0.497 e. The number of aryl methyl sites for hydroxylation is 2. The van der Waals surface area contributed by atoms with E-state index in [9.17, 15) is 4.79 Å². The van der Waals surface area contributed by atoms with Crippen molar-refractivity contribution in [2.24, 2.45) is 0 Å². The highest BCUT2D eigenvalue weighted by atomic mass is 16.5. The molecule has 0 aliphatic carbocycles. The molecule has 0 saturated carbocycles. The van der Waals surface area contributed by atoms with Crippen molar-refractivity contribution in [1.82, 2.24) is 5.32 Å². The average Bonchev–Trinajstić information content (AvgIpc) is 2.71. The molecule has 0 aliphatic rings. The van der Waals surface area contributed by atoms with Gasteiger partial charge in [-0.25, -0.2) is 0 Å². The minimum atomic E-state index is -0.256. The minimum absolute atomic E-state index is 0.00940. The molecule has 0 radical (unpaired) electrons. The second kappa shape index (κ2) is 8.99. The Bertz CT molecular complexity index is 992. The van der Waals surface area contributed by atoms with Crippen molar-refractivity contribution in [2.45, 2.75) is 39.7 Å². The van der Waals surface area contributed by atoms with Gasteiger partial charge < -0.3 is 14.8 Å². The van der Waals surface area contributed by atoms with Gasteiger partial charge in [-0.3, -0.25) is 4.79 Å². The Hall–Kier alpha value is -3.01. The third kappa shape index (κ3) is 4.89. The molecule has 1 N–H and O–H groups in total. The normalized spacial score (nSPS) is 13.0. The van der Waals surface area contributed by atoms with Gasteiger partial charge in [0, 0.05) is 0 Å². The molecule has 0 saturated heterocycles. The van der Waals surface area contributed by atoms with E-state index in [0.29, 0.717) is 6.61 Å². The lowest BCUT2D eigenvalue weighted by atomic mass is 9.96. The number of methoxy groups -OCH3 is 1. The summed E-state index contributed by atoms with van der Waals surface area (Å²) in [5.74, 6) is 1.44. The smallest absolute Gasteiger partial charge is 0.227 e. The zero-order chi connectivity index (χ0) is 21.0. The number of hydrogen-bond acceptors (Lipinski definition) is 3. The van der Waals surface area contributed by atoms with E-state index in [1.807, 2.05) is 76.2 Å². The highest BCUT2D eigenvalue weighted by molar-refractivity contribution is 5.88. The van der Waals surface area contributed by atoms with Crippen LogP contribution in [-0.4, -0.2) is 25.7 Å². The molecule has 2 atom stereocenters. The lowest BCUT2D eigenvalue weighted by Crippen LogP contribution is -2.39. The lowest BCUT2D eigenvalue weighted by Gasteiger charge is -2.20. The second-order valence-electron chi connectivity index (χ2n) is 7.64. The van der Waals surface area contributed by atoms with Crippen molar-refractivity contribution in [3.63, 3.8) is 0 Å². The predicted octanol–water partition coefficient (Wildman–Crippen LogP) is 5.15. The molecule has 1 amide bonds. The Morgan fingerprint density at radius 1 is 0.966 bits per heavy atom. The highest BCUT2D eigenvalue weighted by Crippen LogP contribution is 2.26. The Balaban J connectivity index is 1.64. The zero-order valence-electron chi connectivity index (χ0n) is 17.8. The van der Waals surface area contributed by atoms with Crippen LogP contribution in [0.3, 0.4) is 0 Å². The summed E-state index contributed by atoms with van der Waals surface area (Å²) < 4.78 is 11.3. The molecule has 4 nitrogen and oxygen atoms in total. The van der Waals surface area contributed by atoms with E-state index in [0.717, 1.165) is 39.0 Å². The van der Waals surface area contributed by atoms with Crippen molar-refractivity contribution in [3.05, 3.63) is 71.3 Å². The minimum Gasteiger partial charge on any atom is -0.497 e. The maximum absolute atomic E-state index is 12.8. The number of nitrogens with one attached hydrogen (secondary N) is 1. The molecule has 1 unspecified atom stereocenters. The highest BCUT2D eigenvalue weighted by Gasteiger charge is 2.18. The molecule has 0 aliphatic heterocycles. The van der Waals surface area contributed by atoms with Gasteiger partial charge in [0.25, 0.3) is 0 Å². The summed E-state index contributed by atoms with van der Waals surface area (Å²) in [7, 11) is 1.66.